The van der Waals surface area contributed by atoms with E-state index in [1.165, 1.54) is 6.07 Å². The first-order valence-corrected chi connectivity index (χ1v) is 7.67. The Bertz CT molecular complexity index is 1050. The highest BCUT2D eigenvalue weighted by molar-refractivity contribution is 6.12. The van der Waals surface area contributed by atoms with Gasteiger partial charge in [-0.1, -0.05) is 18.2 Å². The zero-order valence-electron chi connectivity index (χ0n) is 13.2. The van der Waals surface area contributed by atoms with E-state index >= 15 is 0 Å². The normalized spacial score (nSPS) is 14.6. The first-order valence-electron chi connectivity index (χ1n) is 7.67. The zero-order chi connectivity index (χ0) is 18.3. The molecule has 0 saturated carbocycles. The van der Waals surface area contributed by atoms with E-state index < -0.39 is 12.0 Å². The van der Waals surface area contributed by atoms with Crippen LogP contribution in [0.4, 0.5) is 17.6 Å². The molecule has 9 heteroatoms. The summed E-state index contributed by atoms with van der Waals surface area (Å²) in [4.78, 5) is 15.6. The molecule has 3 aromatic rings. The van der Waals surface area contributed by atoms with Crippen molar-refractivity contribution in [3.8, 4) is 0 Å². The van der Waals surface area contributed by atoms with Gasteiger partial charge < -0.3 is 4.40 Å². The number of benzene rings is 1. The maximum atomic E-state index is 14.0. The highest BCUT2D eigenvalue weighted by Crippen LogP contribution is 2.23. The second-order valence-corrected chi connectivity index (χ2v) is 5.70. The Kier molecular flexibility index (Phi) is 3.78. The third-order valence-electron chi connectivity index (χ3n) is 3.93. The van der Waals surface area contributed by atoms with Crippen molar-refractivity contribution in [2.45, 2.75) is 12.6 Å². The predicted octanol–water partition coefficient (Wildman–Crippen LogP) is 3.22. The average molecular weight is 361 g/mol. The lowest BCUT2D eigenvalue weighted by Crippen LogP contribution is -2.19. The van der Waals surface area contributed by atoms with Gasteiger partial charge in [-0.2, -0.15) is 13.2 Å². The summed E-state index contributed by atoms with van der Waals surface area (Å²) >= 11 is 0. The van der Waals surface area contributed by atoms with E-state index in [1.807, 2.05) is 0 Å². The predicted molar refractivity (Wildman–Crippen MR) is 87.1 cm³/mol. The van der Waals surface area contributed by atoms with E-state index in [9.17, 15) is 17.6 Å². The van der Waals surface area contributed by atoms with Gasteiger partial charge in [0.25, 0.3) is 0 Å². The second kappa shape index (κ2) is 6.01. The van der Waals surface area contributed by atoms with Gasteiger partial charge in [-0.15, -0.1) is 0 Å². The van der Waals surface area contributed by atoms with Crippen molar-refractivity contribution < 1.29 is 17.6 Å². The Balaban J connectivity index is 1.76. The molecular weight excluding hydrogens is 350 g/mol. The molecule has 0 aliphatic carbocycles. The van der Waals surface area contributed by atoms with E-state index in [4.69, 9.17) is 0 Å². The van der Waals surface area contributed by atoms with Crippen molar-refractivity contribution in [1.82, 2.24) is 14.4 Å². The monoisotopic (exact) mass is 361 g/mol. The number of alkyl halides is 3. The van der Waals surface area contributed by atoms with Crippen LogP contribution in [0.25, 0.3) is 5.65 Å². The van der Waals surface area contributed by atoms with Crippen LogP contribution in [-0.2, 0) is 6.42 Å². The Morgan fingerprint density at radius 2 is 1.96 bits per heavy atom. The van der Waals surface area contributed by atoms with Gasteiger partial charge in [0.2, 0.25) is 5.84 Å². The minimum absolute atomic E-state index is 0.114. The molecule has 4 rings (SSSR count). The Hall–Kier alpha value is -3.10. The van der Waals surface area contributed by atoms with Crippen LogP contribution in [0.2, 0.25) is 0 Å². The quantitative estimate of drug-likeness (QED) is 0.673. The highest BCUT2D eigenvalue weighted by atomic mass is 19.4. The van der Waals surface area contributed by atoms with Crippen LogP contribution in [0.5, 0.6) is 0 Å². The number of aromatic nitrogens is 3. The van der Waals surface area contributed by atoms with Crippen molar-refractivity contribution in [1.29, 1.82) is 0 Å². The number of rotatable bonds is 3. The maximum Gasteiger partial charge on any atom is 0.451 e. The van der Waals surface area contributed by atoms with Crippen LogP contribution in [0, 0.1) is 5.82 Å². The van der Waals surface area contributed by atoms with Crippen LogP contribution in [0.15, 0.2) is 52.8 Å². The van der Waals surface area contributed by atoms with Gasteiger partial charge >= 0.3 is 6.18 Å². The fourth-order valence-electron chi connectivity index (χ4n) is 2.72. The van der Waals surface area contributed by atoms with Gasteiger partial charge in [-0.25, -0.2) is 19.4 Å². The Morgan fingerprint density at radius 1 is 1.15 bits per heavy atom. The molecule has 1 aromatic carbocycles. The van der Waals surface area contributed by atoms with E-state index in [0.29, 0.717) is 16.9 Å². The first kappa shape index (κ1) is 16.4. The lowest BCUT2D eigenvalue weighted by molar-refractivity contribution is -0.0595. The molecule has 0 N–H and O–H groups in total. The smallest absolute Gasteiger partial charge is 0.303 e. The third-order valence-corrected chi connectivity index (χ3v) is 3.93. The van der Waals surface area contributed by atoms with Crippen molar-refractivity contribution in [2.24, 2.45) is 9.98 Å². The van der Waals surface area contributed by atoms with Crippen LogP contribution < -0.4 is 0 Å². The summed E-state index contributed by atoms with van der Waals surface area (Å²) in [5.41, 5.74) is 1.74. The summed E-state index contributed by atoms with van der Waals surface area (Å²) in [5, 5.41) is 0. The van der Waals surface area contributed by atoms with Crippen molar-refractivity contribution in [3.05, 3.63) is 65.6 Å². The SMILES string of the molecule is Fc1ccccc1Cc1nc(C2=NC(C(F)(F)F)=NC2)cn2ccnc12. The molecule has 26 heavy (non-hydrogen) atoms. The maximum absolute atomic E-state index is 14.0. The fraction of sp³-hybridized carbons (Fsp3) is 0.176. The second-order valence-electron chi connectivity index (χ2n) is 5.70. The largest absolute Gasteiger partial charge is 0.451 e. The highest BCUT2D eigenvalue weighted by Gasteiger charge is 2.38. The van der Waals surface area contributed by atoms with Gasteiger partial charge in [-0.3, -0.25) is 4.99 Å². The summed E-state index contributed by atoms with van der Waals surface area (Å²) in [6, 6.07) is 6.25. The number of fused-ring (bicyclic) bond motifs is 1. The summed E-state index contributed by atoms with van der Waals surface area (Å²) in [5.74, 6) is -1.55. The first-order chi connectivity index (χ1) is 12.4. The Morgan fingerprint density at radius 3 is 2.69 bits per heavy atom. The summed E-state index contributed by atoms with van der Waals surface area (Å²) in [7, 11) is 0. The molecule has 0 saturated heterocycles. The summed E-state index contributed by atoms with van der Waals surface area (Å²) < 4.78 is 53.8. The van der Waals surface area contributed by atoms with E-state index in [2.05, 4.69) is 20.0 Å². The molecule has 0 unspecified atom stereocenters. The van der Waals surface area contributed by atoms with E-state index in [-0.39, 0.29) is 30.2 Å². The molecule has 3 heterocycles. The molecule has 0 bridgehead atoms. The fourth-order valence-corrected chi connectivity index (χ4v) is 2.72. The van der Waals surface area contributed by atoms with Gasteiger partial charge in [0.05, 0.1) is 18.0 Å². The number of amidine groups is 1. The zero-order valence-corrected chi connectivity index (χ0v) is 13.2. The van der Waals surface area contributed by atoms with E-state index in [1.54, 1.807) is 41.2 Å². The van der Waals surface area contributed by atoms with Gasteiger partial charge in [0, 0.05) is 25.0 Å². The number of aliphatic imine (C=N–C) groups is 2. The van der Waals surface area contributed by atoms with Gasteiger partial charge in [-0.05, 0) is 11.6 Å². The molecule has 1 aliphatic rings. The minimum Gasteiger partial charge on any atom is -0.303 e. The van der Waals surface area contributed by atoms with Crippen molar-refractivity contribution in [2.75, 3.05) is 6.54 Å². The van der Waals surface area contributed by atoms with Crippen molar-refractivity contribution in [3.63, 3.8) is 0 Å². The van der Waals surface area contributed by atoms with Crippen LogP contribution in [0.1, 0.15) is 17.0 Å². The van der Waals surface area contributed by atoms with Crippen LogP contribution in [-0.4, -0.2) is 38.6 Å². The number of hydrogen-bond donors (Lipinski definition) is 0. The van der Waals surface area contributed by atoms with E-state index in [0.717, 1.165) is 0 Å². The third kappa shape index (κ3) is 2.96. The van der Waals surface area contributed by atoms with Crippen LogP contribution in [0.3, 0.4) is 0 Å². The lowest BCUT2D eigenvalue weighted by Gasteiger charge is -2.08. The minimum atomic E-state index is -4.60. The molecule has 2 aromatic heterocycles. The number of nitrogens with zero attached hydrogens (tertiary/aromatic N) is 5. The number of hydrogen-bond acceptors (Lipinski definition) is 4. The average Bonchev–Trinajstić information content (AvgIpc) is 3.25. The van der Waals surface area contributed by atoms with Gasteiger partial charge in [0.15, 0.2) is 5.65 Å². The summed E-state index contributed by atoms with van der Waals surface area (Å²) in [6.07, 6.45) is 0.283. The number of halogens is 4. The summed E-state index contributed by atoms with van der Waals surface area (Å²) in [6.45, 7) is -0.207. The standard InChI is InChI=1S/C17H11F4N5/c18-11-4-2-1-3-10(11)7-12-15-22-5-6-26(15)9-14(24-12)13-8-23-16(25-13)17(19,20)21/h1-6,9H,7-8H2. The molecule has 132 valence electrons. The molecule has 0 atom stereocenters. The van der Waals surface area contributed by atoms with Crippen molar-refractivity contribution >= 4 is 17.2 Å². The Labute approximate surface area is 144 Å². The molecule has 1 aliphatic heterocycles. The molecule has 0 radical (unpaired) electrons. The molecule has 0 spiro atoms. The molecule has 0 amide bonds. The molecule has 0 fully saturated rings. The number of imidazole rings is 1. The molecular formula is C17H11F4N5. The van der Waals surface area contributed by atoms with Crippen LogP contribution >= 0.6 is 0 Å². The van der Waals surface area contributed by atoms with Gasteiger partial charge in [0.1, 0.15) is 11.5 Å². The topological polar surface area (TPSA) is 54.9 Å². The molecule has 5 nitrogen and oxygen atoms in total. The lowest BCUT2D eigenvalue weighted by atomic mass is 10.1.